The minimum absolute atomic E-state index is 0.0199. The van der Waals surface area contributed by atoms with Crippen molar-refractivity contribution in [3.63, 3.8) is 0 Å². The standard InChI is InChI=1S/C17H11F3N6O/c18-17(19,20)11-5-3-4-10(8-11)15-23-25-26(24-15)9-14-21-13-7-2-1-6-12(13)16(27)22-14/h1-8H,9H2,(H,21,22,27). The number of benzene rings is 2. The maximum Gasteiger partial charge on any atom is 0.416 e. The first kappa shape index (κ1) is 16.9. The van der Waals surface area contributed by atoms with Gasteiger partial charge in [-0.1, -0.05) is 24.3 Å². The largest absolute Gasteiger partial charge is 0.416 e. The van der Waals surface area contributed by atoms with E-state index in [1.165, 1.54) is 12.1 Å². The molecule has 0 bridgehead atoms. The van der Waals surface area contributed by atoms with Gasteiger partial charge in [0.05, 0.1) is 16.5 Å². The average molecular weight is 372 g/mol. The van der Waals surface area contributed by atoms with Crippen LogP contribution in [0.15, 0.2) is 53.3 Å². The summed E-state index contributed by atoms with van der Waals surface area (Å²) in [5.41, 5.74) is -0.379. The third kappa shape index (κ3) is 3.41. The quantitative estimate of drug-likeness (QED) is 0.597. The first-order valence-electron chi connectivity index (χ1n) is 7.83. The van der Waals surface area contributed by atoms with E-state index in [9.17, 15) is 18.0 Å². The van der Waals surface area contributed by atoms with Gasteiger partial charge in [-0.2, -0.15) is 18.0 Å². The van der Waals surface area contributed by atoms with Crippen molar-refractivity contribution in [2.75, 3.05) is 0 Å². The van der Waals surface area contributed by atoms with Crippen LogP contribution in [0.3, 0.4) is 0 Å². The first-order valence-corrected chi connectivity index (χ1v) is 7.83. The van der Waals surface area contributed by atoms with E-state index in [0.717, 1.165) is 16.9 Å². The molecule has 27 heavy (non-hydrogen) atoms. The third-order valence-electron chi connectivity index (χ3n) is 3.85. The van der Waals surface area contributed by atoms with E-state index in [1.54, 1.807) is 24.3 Å². The van der Waals surface area contributed by atoms with Crippen molar-refractivity contribution >= 4 is 10.9 Å². The number of aromatic amines is 1. The number of rotatable bonds is 3. The highest BCUT2D eigenvalue weighted by molar-refractivity contribution is 5.77. The number of H-pyrrole nitrogens is 1. The summed E-state index contributed by atoms with van der Waals surface area (Å²) in [7, 11) is 0. The molecule has 4 aromatic rings. The van der Waals surface area contributed by atoms with Crippen LogP contribution in [0.25, 0.3) is 22.3 Å². The first-order chi connectivity index (χ1) is 12.9. The topological polar surface area (TPSA) is 89.4 Å². The zero-order chi connectivity index (χ0) is 19.0. The molecule has 7 nitrogen and oxygen atoms in total. The summed E-state index contributed by atoms with van der Waals surface area (Å²) in [6.07, 6.45) is -4.46. The van der Waals surface area contributed by atoms with Gasteiger partial charge in [-0.15, -0.1) is 10.2 Å². The highest BCUT2D eigenvalue weighted by Crippen LogP contribution is 2.31. The predicted molar refractivity (Wildman–Crippen MR) is 89.7 cm³/mol. The Kier molecular flexibility index (Phi) is 3.94. The Bertz CT molecular complexity index is 1180. The van der Waals surface area contributed by atoms with Crippen LogP contribution in [0.5, 0.6) is 0 Å². The third-order valence-corrected chi connectivity index (χ3v) is 3.85. The molecule has 0 aliphatic rings. The van der Waals surface area contributed by atoms with Crippen molar-refractivity contribution in [3.8, 4) is 11.4 Å². The van der Waals surface area contributed by atoms with Crippen LogP contribution in [0.4, 0.5) is 13.2 Å². The van der Waals surface area contributed by atoms with Gasteiger partial charge in [0.15, 0.2) is 0 Å². The van der Waals surface area contributed by atoms with Crippen molar-refractivity contribution in [2.24, 2.45) is 0 Å². The van der Waals surface area contributed by atoms with E-state index in [1.807, 2.05) is 0 Å². The summed E-state index contributed by atoms with van der Waals surface area (Å²) < 4.78 is 38.5. The summed E-state index contributed by atoms with van der Waals surface area (Å²) in [5, 5.41) is 12.1. The van der Waals surface area contributed by atoms with Crippen molar-refractivity contribution < 1.29 is 13.2 Å². The summed E-state index contributed by atoms with van der Waals surface area (Å²) in [6, 6.07) is 11.5. The van der Waals surface area contributed by atoms with Gasteiger partial charge in [0.1, 0.15) is 12.4 Å². The van der Waals surface area contributed by atoms with Gasteiger partial charge in [-0.25, -0.2) is 4.98 Å². The van der Waals surface area contributed by atoms with Crippen LogP contribution in [0, 0.1) is 0 Å². The molecule has 0 saturated heterocycles. The minimum atomic E-state index is -4.46. The molecule has 0 amide bonds. The number of nitrogens with zero attached hydrogens (tertiary/aromatic N) is 5. The molecular formula is C17H11F3N6O. The minimum Gasteiger partial charge on any atom is -0.308 e. The number of aromatic nitrogens is 6. The maximum absolute atomic E-state index is 12.8. The van der Waals surface area contributed by atoms with Crippen LogP contribution in [0.2, 0.25) is 0 Å². The molecular weight excluding hydrogens is 361 g/mol. The molecule has 0 atom stereocenters. The number of nitrogens with one attached hydrogen (secondary N) is 1. The Labute approximate surface area is 149 Å². The number of para-hydroxylation sites is 1. The van der Waals surface area contributed by atoms with Crippen LogP contribution in [0.1, 0.15) is 11.4 Å². The van der Waals surface area contributed by atoms with Crippen molar-refractivity contribution in [3.05, 3.63) is 70.3 Å². The lowest BCUT2D eigenvalue weighted by Gasteiger charge is -2.06. The zero-order valence-corrected chi connectivity index (χ0v) is 13.6. The number of alkyl halides is 3. The van der Waals surface area contributed by atoms with Crippen molar-refractivity contribution in [1.82, 2.24) is 30.2 Å². The number of halogens is 3. The molecule has 4 rings (SSSR count). The fraction of sp³-hybridized carbons (Fsp3) is 0.118. The number of fused-ring (bicyclic) bond motifs is 1. The van der Waals surface area contributed by atoms with Gasteiger partial charge >= 0.3 is 6.18 Å². The zero-order valence-electron chi connectivity index (χ0n) is 13.6. The van der Waals surface area contributed by atoms with Gasteiger partial charge in [0, 0.05) is 5.56 Å². The Balaban J connectivity index is 1.63. The van der Waals surface area contributed by atoms with Gasteiger partial charge < -0.3 is 4.98 Å². The molecule has 0 aliphatic carbocycles. The van der Waals surface area contributed by atoms with E-state index >= 15 is 0 Å². The molecule has 136 valence electrons. The van der Waals surface area contributed by atoms with Crippen LogP contribution >= 0.6 is 0 Å². The van der Waals surface area contributed by atoms with Crippen molar-refractivity contribution in [1.29, 1.82) is 0 Å². The fourth-order valence-electron chi connectivity index (χ4n) is 2.60. The maximum atomic E-state index is 12.8. The molecule has 10 heteroatoms. The molecule has 0 aliphatic heterocycles. The van der Waals surface area contributed by atoms with E-state index < -0.39 is 11.7 Å². The molecule has 0 unspecified atom stereocenters. The van der Waals surface area contributed by atoms with E-state index in [0.29, 0.717) is 16.7 Å². The molecule has 2 heterocycles. The Morgan fingerprint density at radius 2 is 1.89 bits per heavy atom. The van der Waals surface area contributed by atoms with Gasteiger partial charge in [0.25, 0.3) is 5.56 Å². The molecule has 0 radical (unpaired) electrons. The summed E-state index contributed by atoms with van der Waals surface area (Å²) in [6.45, 7) is 0.0199. The van der Waals surface area contributed by atoms with E-state index in [-0.39, 0.29) is 23.5 Å². The van der Waals surface area contributed by atoms with Crippen LogP contribution in [-0.2, 0) is 12.7 Å². The molecule has 0 fully saturated rings. The summed E-state index contributed by atoms with van der Waals surface area (Å²) >= 11 is 0. The lowest BCUT2D eigenvalue weighted by molar-refractivity contribution is -0.137. The Hall–Kier alpha value is -3.56. The predicted octanol–water partition coefficient (Wildman–Crippen LogP) is 2.64. The second-order valence-corrected chi connectivity index (χ2v) is 5.75. The Morgan fingerprint density at radius 3 is 2.70 bits per heavy atom. The monoisotopic (exact) mass is 372 g/mol. The second-order valence-electron chi connectivity index (χ2n) is 5.75. The van der Waals surface area contributed by atoms with Gasteiger partial charge in [0.2, 0.25) is 5.82 Å². The smallest absolute Gasteiger partial charge is 0.308 e. The average Bonchev–Trinajstić information content (AvgIpc) is 3.10. The second kappa shape index (κ2) is 6.31. The van der Waals surface area contributed by atoms with Gasteiger partial charge in [-0.05, 0) is 29.5 Å². The van der Waals surface area contributed by atoms with E-state index in [4.69, 9.17) is 0 Å². The van der Waals surface area contributed by atoms with Gasteiger partial charge in [-0.3, -0.25) is 4.79 Å². The van der Waals surface area contributed by atoms with Crippen LogP contribution in [-0.4, -0.2) is 30.2 Å². The van der Waals surface area contributed by atoms with E-state index in [2.05, 4.69) is 25.4 Å². The number of hydrogen-bond acceptors (Lipinski definition) is 5. The molecule has 2 aromatic carbocycles. The highest BCUT2D eigenvalue weighted by Gasteiger charge is 2.30. The summed E-state index contributed by atoms with van der Waals surface area (Å²) in [4.78, 5) is 20.2. The molecule has 0 saturated carbocycles. The highest BCUT2D eigenvalue weighted by atomic mass is 19.4. The van der Waals surface area contributed by atoms with Crippen LogP contribution < -0.4 is 5.56 Å². The van der Waals surface area contributed by atoms with Crippen molar-refractivity contribution in [2.45, 2.75) is 12.7 Å². The summed E-state index contributed by atoms with van der Waals surface area (Å²) in [5.74, 6) is 0.357. The number of hydrogen-bond donors (Lipinski definition) is 1. The SMILES string of the molecule is O=c1[nH]c(Cn2nnc(-c3cccc(C(F)(F)F)c3)n2)nc2ccccc12. The molecule has 2 aromatic heterocycles. The molecule has 1 N–H and O–H groups in total. The Morgan fingerprint density at radius 1 is 1.07 bits per heavy atom. The number of tetrazole rings is 1. The lowest BCUT2D eigenvalue weighted by atomic mass is 10.1. The normalized spacial score (nSPS) is 11.8. The fourth-order valence-corrected chi connectivity index (χ4v) is 2.60. The lowest BCUT2D eigenvalue weighted by Crippen LogP contribution is -2.15. The molecule has 0 spiro atoms.